The first-order valence-corrected chi connectivity index (χ1v) is 11.1. The summed E-state index contributed by atoms with van der Waals surface area (Å²) in [4.78, 5) is 32.2. The van der Waals surface area contributed by atoms with E-state index in [1.807, 2.05) is 28.8 Å². The molecule has 0 aromatic carbocycles. The van der Waals surface area contributed by atoms with Crippen LogP contribution in [0.4, 0.5) is 0 Å². The summed E-state index contributed by atoms with van der Waals surface area (Å²) in [6.45, 7) is 5.48. The van der Waals surface area contributed by atoms with Crippen LogP contribution < -0.4 is 10.9 Å². The molecule has 30 heavy (non-hydrogen) atoms. The van der Waals surface area contributed by atoms with Crippen LogP contribution in [0.3, 0.4) is 0 Å². The maximum absolute atomic E-state index is 12.9. The number of pyridine rings is 1. The van der Waals surface area contributed by atoms with Gasteiger partial charge in [-0.3, -0.25) is 14.2 Å². The molecule has 0 spiro atoms. The van der Waals surface area contributed by atoms with Crippen LogP contribution in [0.1, 0.15) is 45.4 Å². The van der Waals surface area contributed by atoms with Gasteiger partial charge in [0.2, 0.25) is 5.91 Å². The summed E-state index contributed by atoms with van der Waals surface area (Å²) in [7, 11) is 0. The highest BCUT2D eigenvalue weighted by molar-refractivity contribution is 5.77. The number of rotatable bonds is 8. The van der Waals surface area contributed by atoms with E-state index in [0.717, 1.165) is 18.5 Å². The summed E-state index contributed by atoms with van der Waals surface area (Å²) in [5.41, 5.74) is 1.96. The van der Waals surface area contributed by atoms with E-state index in [9.17, 15) is 9.59 Å². The van der Waals surface area contributed by atoms with E-state index >= 15 is 0 Å². The van der Waals surface area contributed by atoms with Gasteiger partial charge in [0.1, 0.15) is 5.52 Å². The number of hydrogen-bond acceptors (Lipinski definition) is 4. The molecule has 3 aromatic heterocycles. The van der Waals surface area contributed by atoms with Crippen molar-refractivity contribution in [3.63, 3.8) is 0 Å². The van der Waals surface area contributed by atoms with Crippen molar-refractivity contribution in [2.45, 2.75) is 58.0 Å². The highest BCUT2D eigenvalue weighted by Crippen LogP contribution is 2.19. The zero-order valence-corrected chi connectivity index (χ0v) is 17.7. The van der Waals surface area contributed by atoms with Crippen LogP contribution in [0.15, 0.2) is 41.5 Å². The second-order valence-corrected chi connectivity index (χ2v) is 8.11. The molecule has 4 heterocycles. The van der Waals surface area contributed by atoms with Gasteiger partial charge in [0.15, 0.2) is 5.65 Å². The molecule has 1 saturated heterocycles. The minimum Gasteiger partial charge on any atom is -0.356 e. The highest BCUT2D eigenvalue weighted by atomic mass is 16.2. The van der Waals surface area contributed by atoms with Gasteiger partial charge in [0, 0.05) is 44.5 Å². The van der Waals surface area contributed by atoms with E-state index in [2.05, 4.69) is 22.1 Å². The zero-order chi connectivity index (χ0) is 20.9. The standard InChI is InChI=1S/C23H31N5O2/c1-2-18-8-3-4-14-26(18)15-7-13-24-21(29)11-17-28-22-19(9-5-12-25-22)27-16-6-10-20(27)23(28)30/h5-6,9-10,12,16,18H,2-4,7-8,11,13-15,17H2,1H3,(H,24,29). The number of aromatic nitrogens is 3. The number of carbonyl (C=O) groups is 1. The van der Waals surface area contributed by atoms with E-state index in [4.69, 9.17) is 0 Å². The van der Waals surface area contributed by atoms with Crippen molar-refractivity contribution in [2.24, 2.45) is 0 Å². The molecule has 0 radical (unpaired) electrons. The Morgan fingerprint density at radius 2 is 2.07 bits per heavy atom. The molecule has 1 aliphatic rings. The molecular weight excluding hydrogens is 378 g/mol. The lowest BCUT2D eigenvalue weighted by Crippen LogP contribution is -2.40. The SMILES string of the molecule is CCC1CCCCN1CCCNC(=O)CCn1c(=O)c2cccn2c2cccnc21. The van der Waals surface area contributed by atoms with Gasteiger partial charge in [0.05, 0.1) is 5.52 Å². The maximum atomic E-state index is 12.9. The Balaban J connectivity index is 1.33. The lowest BCUT2D eigenvalue weighted by atomic mass is 10.00. The smallest absolute Gasteiger partial charge is 0.276 e. The van der Waals surface area contributed by atoms with Crippen molar-refractivity contribution in [3.05, 3.63) is 47.0 Å². The summed E-state index contributed by atoms with van der Waals surface area (Å²) in [5, 5.41) is 3.02. The van der Waals surface area contributed by atoms with Crippen molar-refractivity contribution in [2.75, 3.05) is 19.6 Å². The van der Waals surface area contributed by atoms with E-state index in [1.54, 1.807) is 16.8 Å². The number of piperidine rings is 1. The average Bonchev–Trinajstić information content (AvgIpc) is 3.27. The Bertz CT molecular complexity index is 1070. The maximum Gasteiger partial charge on any atom is 0.276 e. The third-order valence-electron chi connectivity index (χ3n) is 6.22. The second-order valence-electron chi connectivity index (χ2n) is 8.11. The first-order valence-electron chi connectivity index (χ1n) is 11.1. The number of nitrogens with zero attached hydrogens (tertiary/aromatic N) is 4. The fraction of sp³-hybridized carbons (Fsp3) is 0.522. The lowest BCUT2D eigenvalue weighted by Gasteiger charge is -2.35. The van der Waals surface area contributed by atoms with Crippen LogP contribution >= 0.6 is 0 Å². The molecular formula is C23H31N5O2. The molecule has 1 amide bonds. The summed E-state index contributed by atoms with van der Waals surface area (Å²) in [5.74, 6) is -0.0214. The van der Waals surface area contributed by atoms with Crippen molar-refractivity contribution >= 4 is 22.6 Å². The number of hydrogen-bond donors (Lipinski definition) is 1. The molecule has 1 N–H and O–H groups in total. The van der Waals surface area contributed by atoms with Crippen LogP contribution in [0.5, 0.6) is 0 Å². The zero-order valence-electron chi connectivity index (χ0n) is 17.7. The Morgan fingerprint density at radius 1 is 1.20 bits per heavy atom. The van der Waals surface area contributed by atoms with Gasteiger partial charge in [-0.15, -0.1) is 0 Å². The monoisotopic (exact) mass is 409 g/mol. The van der Waals surface area contributed by atoms with Crippen LogP contribution in [-0.2, 0) is 11.3 Å². The number of nitrogens with one attached hydrogen (secondary N) is 1. The summed E-state index contributed by atoms with van der Waals surface area (Å²) in [6, 6.07) is 8.15. The quantitative estimate of drug-likeness (QED) is 0.581. The first-order chi connectivity index (χ1) is 14.7. The summed E-state index contributed by atoms with van der Waals surface area (Å²) < 4.78 is 3.47. The van der Waals surface area contributed by atoms with E-state index in [0.29, 0.717) is 30.3 Å². The van der Waals surface area contributed by atoms with E-state index in [-0.39, 0.29) is 17.9 Å². The predicted molar refractivity (Wildman–Crippen MR) is 119 cm³/mol. The molecule has 7 heteroatoms. The third-order valence-corrected chi connectivity index (χ3v) is 6.22. The van der Waals surface area contributed by atoms with E-state index < -0.39 is 0 Å². The molecule has 0 aliphatic carbocycles. The average molecular weight is 410 g/mol. The summed E-state index contributed by atoms with van der Waals surface area (Å²) in [6.07, 6.45) is 9.89. The van der Waals surface area contributed by atoms with Gasteiger partial charge < -0.3 is 14.6 Å². The van der Waals surface area contributed by atoms with Crippen molar-refractivity contribution in [1.82, 2.24) is 24.2 Å². The second kappa shape index (κ2) is 9.43. The van der Waals surface area contributed by atoms with Crippen LogP contribution in [0.25, 0.3) is 16.7 Å². The fourth-order valence-electron chi connectivity index (χ4n) is 4.62. The molecule has 0 saturated carbocycles. The van der Waals surface area contributed by atoms with E-state index in [1.165, 1.54) is 32.2 Å². The van der Waals surface area contributed by atoms with Crippen LogP contribution in [0.2, 0.25) is 0 Å². The topological polar surface area (TPSA) is 71.6 Å². The van der Waals surface area contributed by atoms with Gasteiger partial charge in [-0.2, -0.15) is 0 Å². The Kier molecular flexibility index (Phi) is 6.47. The normalized spacial score (nSPS) is 17.6. The summed E-state index contributed by atoms with van der Waals surface area (Å²) >= 11 is 0. The number of fused-ring (bicyclic) bond motifs is 3. The Hall–Kier alpha value is -2.67. The van der Waals surface area contributed by atoms with Gasteiger partial charge in [-0.25, -0.2) is 4.98 Å². The Labute approximate surface area is 176 Å². The molecule has 7 nitrogen and oxygen atoms in total. The van der Waals surface area contributed by atoms with Crippen LogP contribution in [-0.4, -0.2) is 50.4 Å². The molecule has 4 rings (SSSR count). The predicted octanol–water partition coefficient (Wildman–Crippen LogP) is 2.81. The fourth-order valence-corrected chi connectivity index (χ4v) is 4.62. The number of aryl methyl sites for hydroxylation is 1. The first kappa shape index (κ1) is 20.6. The van der Waals surface area contributed by atoms with Crippen LogP contribution in [0, 0.1) is 0 Å². The molecule has 1 atom stereocenters. The Morgan fingerprint density at radius 3 is 2.93 bits per heavy atom. The minimum absolute atomic E-state index is 0.0214. The highest BCUT2D eigenvalue weighted by Gasteiger charge is 2.20. The molecule has 160 valence electrons. The van der Waals surface area contributed by atoms with Crippen molar-refractivity contribution < 1.29 is 4.79 Å². The van der Waals surface area contributed by atoms with Gasteiger partial charge in [0.25, 0.3) is 5.56 Å². The van der Waals surface area contributed by atoms with Gasteiger partial charge >= 0.3 is 0 Å². The number of amides is 1. The third kappa shape index (κ3) is 4.26. The molecule has 3 aromatic rings. The lowest BCUT2D eigenvalue weighted by molar-refractivity contribution is -0.121. The molecule has 1 unspecified atom stereocenters. The molecule has 1 fully saturated rings. The number of likely N-dealkylation sites (tertiary alicyclic amines) is 1. The minimum atomic E-state index is -0.116. The van der Waals surface area contributed by atoms with Gasteiger partial charge in [-0.05, 0) is 56.5 Å². The van der Waals surface area contributed by atoms with Crippen molar-refractivity contribution in [3.8, 4) is 0 Å². The molecule has 1 aliphatic heterocycles. The number of carbonyl (C=O) groups excluding carboxylic acids is 1. The molecule has 0 bridgehead atoms. The van der Waals surface area contributed by atoms with Gasteiger partial charge in [-0.1, -0.05) is 13.3 Å². The van der Waals surface area contributed by atoms with Crippen molar-refractivity contribution in [1.29, 1.82) is 0 Å². The largest absolute Gasteiger partial charge is 0.356 e.